The number of piperazine rings is 1. The van der Waals surface area contributed by atoms with E-state index in [0.717, 1.165) is 38.3 Å². The second kappa shape index (κ2) is 6.00. The molecule has 3 aliphatic heterocycles. The van der Waals surface area contributed by atoms with Crippen LogP contribution < -0.4 is 0 Å². The Morgan fingerprint density at radius 1 is 1.00 bits per heavy atom. The summed E-state index contributed by atoms with van der Waals surface area (Å²) in [5, 5.41) is 9.09. The molecule has 114 valence electrons. The monoisotopic (exact) mass is 281 g/mol. The van der Waals surface area contributed by atoms with Gasteiger partial charge in [-0.2, -0.15) is 0 Å². The summed E-state index contributed by atoms with van der Waals surface area (Å²) in [5.41, 5.74) is 0. The molecule has 0 aromatic carbocycles. The van der Waals surface area contributed by atoms with E-state index in [2.05, 4.69) is 14.7 Å². The van der Waals surface area contributed by atoms with Gasteiger partial charge in [-0.3, -0.25) is 14.6 Å². The fourth-order valence-corrected chi connectivity index (χ4v) is 4.18. The second-order valence-corrected chi connectivity index (χ2v) is 6.60. The Balaban J connectivity index is 1.50. The molecule has 0 saturated carbocycles. The van der Waals surface area contributed by atoms with Gasteiger partial charge in [0.25, 0.3) is 0 Å². The fraction of sp³-hybridized carbons (Fsp3) is 0.933. The third-order valence-corrected chi connectivity index (χ3v) is 5.56. The van der Waals surface area contributed by atoms with E-state index in [1.165, 1.54) is 38.8 Å². The van der Waals surface area contributed by atoms with Crippen molar-refractivity contribution in [1.82, 2.24) is 14.7 Å². The van der Waals surface area contributed by atoms with Crippen LogP contribution in [0.2, 0.25) is 0 Å². The normalized spacial score (nSPS) is 34.9. The Morgan fingerprint density at radius 3 is 2.35 bits per heavy atom. The summed E-state index contributed by atoms with van der Waals surface area (Å²) in [4.78, 5) is 18.4. The number of rotatable bonds is 3. The molecular weight excluding hydrogens is 254 g/mol. The van der Waals surface area contributed by atoms with E-state index in [1.807, 2.05) is 0 Å². The Morgan fingerprint density at radius 2 is 1.65 bits per heavy atom. The summed E-state index contributed by atoms with van der Waals surface area (Å²) in [7, 11) is 0. The SMILES string of the molecule is CC(C(=O)O)N1CCN(C2CCN3CCCC3C2)CC1. The van der Waals surface area contributed by atoms with Crippen LogP contribution in [0.1, 0.15) is 32.6 Å². The molecule has 0 aliphatic carbocycles. The van der Waals surface area contributed by atoms with Crippen LogP contribution in [0, 0.1) is 0 Å². The maximum atomic E-state index is 11.0. The third-order valence-electron chi connectivity index (χ3n) is 5.56. The lowest BCUT2D eigenvalue weighted by molar-refractivity contribution is -0.143. The van der Waals surface area contributed by atoms with Gasteiger partial charge < -0.3 is 10.0 Å². The van der Waals surface area contributed by atoms with Crippen LogP contribution in [-0.4, -0.2) is 83.2 Å². The molecule has 0 aromatic heterocycles. The number of aliphatic carboxylic acids is 1. The predicted octanol–water partition coefficient (Wildman–Crippen LogP) is 0.704. The van der Waals surface area contributed by atoms with Crippen LogP contribution in [0.3, 0.4) is 0 Å². The van der Waals surface area contributed by atoms with E-state index in [4.69, 9.17) is 5.11 Å². The molecule has 5 nitrogen and oxygen atoms in total. The van der Waals surface area contributed by atoms with Crippen molar-refractivity contribution in [2.45, 2.75) is 50.7 Å². The number of carboxylic acids is 1. The van der Waals surface area contributed by atoms with E-state index in [0.29, 0.717) is 0 Å². The maximum Gasteiger partial charge on any atom is 0.320 e. The van der Waals surface area contributed by atoms with Gasteiger partial charge in [0.15, 0.2) is 0 Å². The molecule has 0 bridgehead atoms. The molecular formula is C15H27N3O2. The van der Waals surface area contributed by atoms with Crippen LogP contribution in [0.5, 0.6) is 0 Å². The van der Waals surface area contributed by atoms with Gasteiger partial charge in [-0.15, -0.1) is 0 Å². The number of fused-ring (bicyclic) bond motifs is 1. The quantitative estimate of drug-likeness (QED) is 0.825. The maximum absolute atomic E-state index is 11.0. The first kappa shape index (κ1) is 14.3. The van der Waals surface area contributed by atoms with E-state index in [9.17, 15) is 4.79 Å². The molecule has 0 radical (unpaired) electrons. The molecule has 3 fully saturated rings. The standard InChI is InChI=1S/C15H27N3O2/c1-12(15(19)20)16-7-9-18(10-8-16)14-4-6-17-5-2-3-13(17)11-14/h12-14H,2-11H2,1H3,(H,19,20). The lowest BCUT2D eigenvalue weighted by Gasteiger charge is -2.44. The smallest absolute Gasteiger partial charge is 0.320 e. The molecule has 1 N–H and O–H groups in total. The van der Waals surface area contributed by atoms with Crippen molar-refractivity contribution in [3.63, 3.8) is 0 Å². The van der Waals surface area contributed by atoms with Crippen LogP contribution >= 0.6 is 0 Å². The van der Waals surface area contributed by atoms with Crippen molar-refractivity contribution < 1.29 is 9.90 Å². The minimum absolute atomic E-state index is 0.339. The molecule has 5 heteroatoms. The van der Waals surface area contributed by atoms with Crippen molar-refractivity contribution in [2.75, 3.05) is 39.3 Å². The number of carbonyl (C=O) groups is 1. The van der Waals surface area contributed by atoms with Gasteiger partial charge in [-0.1, -0.05) is 0 Å². The minimum atomic E-state index is -0.697. The number of hydrogen-bond acceptors (Lipinski definition) is 4. The Bertz CT molecular complexity index is 355. The van der Waals surface area contributed by atoms with Gasteiger partial charge >= 0.3 is 5.97 Å². The summed E-state index contributed by atoms with van der Waals surface area (Å²) in [6.07, 6.45) is 5.38. The van der Waals surface area contributed by atoms with E-state index in [1.54, 1.807) is 6.92 Å². The van der Waals surface area contributed by atoms with Crippen molar-refractivity contribution >= 4 is 5.97 Å². The molecule has 0 amide bonds. The molecule has 0 aromatic rings. The molecule has 3 rings (SSSR count). The number of hydrogen-bond donors (Lipinski definition) is 1. The first-order chi connectivity index (χ1) is 9.65. The second-order valence-electron chi connectivity index (χ2n) is 6.60. The zero-order valence-corrected chi connectivity index (χ0v) is 12.5. The van der Waals surface area contributed by atoms with E-state index >= 15 is 0 Å². The molecule has 3 unspecified atom stereocenters. The highest BCUT2D eigenvalue weighted by molar-refractivity contribution is 5.72. The average Bonchev–Trinajstić information content (AvgIpc) is 2.94. The van der Waals surface area contributed by atoms with Gasteiger partial charge in [0, 0.05) is 38.3 Å². The Kier molecular flexibility index (Phi) is 4.29. The molecule has 3 saturated heterocycles. The third kappa shape index (κ3) is 2.85. The van der Waals surface area contributed by atoms with Crippen molar-refractivity contribution in [2.24, 2.45) is 0 Å². The summed E-state index contributed by atoms with van der Waals surface area (Å²) in [6, 6.07) is 1.22. The van der Waals surface area contributed by atoms with Crippen LogP contribution in [0.4, 0.5) is 0 Å². The lowest BCUT2D eigenvalue weighted by atomic mass is 9.95. The first-order valence-corrected chi connectivity index (χ1v) is 8.10. The van der Waals surface area contributed by atoms with E-state index in [-0.39, 0.29) is 6.04 Å². The number of piperidine rings is 1. The highest BCUT2D eigenvalue weighted by Crippen LogP contribution is 2.29. The highest BCUT2D eigenvalue weighted by Gasteiger charge is 2.35. The zero-order valence-electron chi connectivity index (χ0n) is 12.5. The molecule has 0 spiro atoms. The zero-order chi connectivity index (χ0) is 14.1. The first-order valence-electron chi connectivity index (χ1n) is 8.10. The molecule has 3 heterocycles. The van der Waals surface area contributed by atoms with Crippen molar-refractivity contribution in [3.05, 3.63) is 0 Å². The molecule has 20 heavy (non-hydrogen) atoms. The lowest BCUT2D eigenvalue weighted by Crippen LogP contribution is -2.56. The number of nitrogens with zero attached hydrogens (tertiary/aromatic N) is 3. The summed E-state index contributed by atoms with van der Waals surface area (Å²) < 4.78 is 0. The summed E-state index contributed by atoms with van der Waals surface area (Å²) in [6.45, 7) is 8.25. The van der Waals surface area contributed by atoms with Gasteiger partial charge in [0.1, 0.15) is 6.04 Å². The fourth-order valence-electron chi connectivity index (χ4n) is 4.18. The Hall–Kier alpha value is -0.650. The molecule has 3 aliphatic rings. The predicted molar refractivity (Wildman–Crippen MR) is 77.9 cm³/mol. The van der Waals surface area contributed by atoms with Crippen LogP contribution in [0.25, 0.3) is 0 Å². The molecule has 3 atom stereocenters. The van der Waals surface area contributed by atoms with Gasteiger partial charge in [0.2, 0.25) is 0 Å². The van der Waals surface area contributed by atoms with Crippen LogP contribution in [-0.2, 0) is 4.79 Å². The number of carboxylic acid groups (broad SMARTS) is 1. The van der Waals surface area contributed by atoms with E-state index < -0.39 is 5.97 Å². The summed E-state index contributed by atoms with van der Waals surface area (Å²) in [5.74, 6) is -0.697. The average molecular weight is 281 g/mol. The summed E-state index contributed by atoms with van der Waals surface area (Å²) >= 11 is 0. The van der Waals surface area contributed by atoms with Crippen molar-refractivity contribution in [1.29, 1.82) is 0 Å². The Labute approximate surface area is 121 Å². The van der Waals surface area contributed by atoms with Gasteiger partial charge in [-0.25, -0.2) is 0 Å². The van der Waals surface area contributed by atoms with Crippen LogP contribution in [0.15, 0.2) is 0 Å². The minimum Gasteiger partial charge on any atom is -0.480 e. The largest absolute Gasteiger partial charge is 0.480 e. The van der Waals surface area contributed by atoms with Crippen molar-refractivity contribution in [3.8, 4) is 0 Å². The van der Waals surface area contributed by atoms with Gasteiger partial charge in [0.05, 0.1) is 0 Å². The topological polar surface area (TPSA) is 47.0 Å². The van der Waals surface area contributed by atoms with Gasteiger partial charge in [-0.05, 0) is 45.7 Å². The highest BCUT2D eigenvalue weighted by atomic mass is 16.4.